The van der Waals surface area contributed by atoms with Crippen molar-refractivity contribution < 1.29 is 9.21 Å². The van der Waals surface area contributed by atoms with E-state index < -0.39 is 0 Å². The third-order valence-electron chi connectivity index (χ3n) is 3.04. The lowest BCUT2D eigenvalue weighted by Gasteiger charge is -2.01. The lowest BCUT2D eigenvalue weighted by molar-refractivity contribution is 0.102. The first-order valence-corrected chi connectivity index (χ1v) is 6.20. The summed E-state index contributed by atoms with van der Waals surface area (Å²) in [4.78, 5) is 11.9. The third kappa shape index (κ3) is 2.63. The zero-order valence-electron chi connectivity index (χ0n) is 10.3. The van der Waals surface area contributed by atoms with Crippen LogP contribution in [0.3, 0.4) is 0 Å². The highest BCUT2D eigenvalue weighted by Crippen LogP contribution is 2.39. The predicted molar refractivity (Wildman–Crippen MR) is 68.6 cm³/mol. The van der Waals surface area contributed by atoms with Crippen LogP contribution in [0.2, 0.25) is 0 Å². The van der Waals surface area contributed by atoms with Crippen LogP contribution in [-0.2, 0) is 6.54 Å². The Morgan fingerprint density at radius 1 is 1.32 bits per heavy atom. The summed E-state index contributed by atoms with van der Waals surface area (Å²) in [6.45, 7) is 0.455. The van der Waals surface area contributed by atoms with Gasteiger partial charge in [-0.1, -0.05) is 17.2 Å². The summed E-state index contributed by atoms with van der Waals surface area (Å²) in [5.74, 6) is 0.713. The number of hydrogen-bond donors (Lipinski definition) is 2. The Kier molecular flexibility index (Phi) is 3.00. The highest BCUT2D eigenvalue weighted by atomic mass is 16.4. The van der Waals surface area contributed by atoms with Crippen LogP contribution in [0.15, 0.2) is 28.7 Å². The Labute approximate surface area is 110 Å². The predicted octanol–water partition coefficient (Wildman–Crippen LogP) is 1.66. The average molecular weight is 258 g/mol. The lowest BCUT2D eigenvalue weighted by Crippen LogP contribution is -2.12. The summed E-state index contributed by atoms with van der Waals surface area (Å²) in [5.41, 5.74) is 7.01. The van der Waals surface area contributed by atoms with Crippen molar-refractivity contribution in [2.75, 3.05) is 5.32 Å². The highest BCUT2D eigenvalue weighted by molar-refractivity contribution is 6.03. The van der Waals surface area contributed by atoms with E-state index in [1.165, 1.54) is 0 Å². The van der Waals surface area contributed by atoms with Gasteiger partial charge >= 0.3 is 6.01 Å². The molecule has 0 spiro atoms. The van der Waals surface area contributed by atoms with Crippen molar-refractivity contribution in [3.8, 4) is 0 Å². The van der Waals surface area contributed by atoms with Crippen LogP contribution in [0.1, 0.15) is 40.6 Å². The minimum Gasteiger partial charge on any atom is -0.408 e. The van der Waals surface area contributed by atoms with Gasteiger partial charge in [0.2, 0.25) is 5.89 Å². The monoisotopic (exact) mass is 258 g/mol. The molecule has 19 heavy (non-hydrogen) atoms. The molecule has 1 fully saturated rings. The number of amides is 1. The van der Waals surface area contributed by atoms with Crippen LogP contribution in [0, 0.1) is 0 Å². The number of nitrogens with zero attached hydrogens (tertiary/aromatic N) is 2. The molecule has 0 unspecified atom stereocenters. The number of benzene rings is 1. The molecule has 1 heterocycles. The van der Waals surface area contributed by atoms with E-state index in [0.717, 1.165) is 18.4 Å². The van der Waals surface area contributed by atoms with Gasteiger partial charge in [-0.05, 0) is 30.5 Å². The molecule has 0 bridgehead atoms. The molecule has 3 N–H and O–H groups in total. The normalized spacial score (nSPS) is 14.4. The SMILES string of the molecule is NCc1ccc(C(=O)Nc2nnc(C3CC3)o2)cc1. The van der Waals surface area contributed by atoms with Gasteiger partial charge in [-0.25, -0.2) is 0 Å². The first-order valence-electron chi connectivity index (χ1n) is 6.20. The van der Waals surface area contributed by atoms with Crippen molar-refractivity contribution in [3.63, 3.8) is 0 Å². The summed E-state index contributed by atoms with van der Waals surface area (Å²) < 4.78 is 5.37. The first kappa shape index (κ1) is 11.9. The van der Waals surface area contributed by atoms with Crippen LogP contribution in [0.25, 0.3) is 0 Å². The minimum atomic E-state index is -0.269. The average Bonchev–Trinajstić information content (AvgIpc) is 3.20. The maximum absolute atomic E-state index is 11.9. The van der Waals surface area contributed by atoms with E-state index in [-0.39, 0.29) is 11.9 Å². The molecule has 2 aromatic rings. The quantitative estimate of drug-likeness (QED) is 0.869. The number of rotatable bonds is 4. The van der Waals surface area contributed by atoms with Gasteiger partial charge in [-0.2, -0.15) is 0 Å². The van der Waals surface area contributed by atoms with Gasteiger partial charge in [0.05, 0.1) is 0 Å². The highest BCUT2D eigenvalue weighted by Gasteiger charge is 2.29. The second-order valence-electron chi connectivity index (χ2n) is 4.57. The molecular formula is C13H14N4O2. The number of carbonyl (C=O) groups excluding carboxylic acids is 1. The molecule has 0 atom stereocenters. The molecule has 6 heteroatoms. The first-order chi connectivity index (χ1) is 9.26. The molecule has 6 nitrogen and oxygen atoms in total. The van der Waals surface area contributed by atoms with Crippen LogP contribution < -0.4 is 11.1 Å². The Bertz CT molecular complexity index is 587. The van der Waals surface area contributed by atoms with Gasteiger partial charge in [-0.3, -0.25) is 10.1 Å². The molecule has 98 valence electrons. The molecule has 1 saturated carbocycles. The van der Waals surface area contributed by atoms with Crippen molar-refractivity contribution >= 4 is 11.9 Å². The van der Waals surface area contributed by atoms with Gasteiger partial charge in [0.1, 0.15) is 0 Å². The fourth-order valence-electron chi connectivity index (χ4n) is 1.74. The van der Waals surface area contributed by atoms with Crippen LogP contribution in [0.5, 0.6) is 0 Å². The number of nitrogens with one attached hydrogen (secondary N) is 1. The summed E-state index contributed by atoms with van der Waals surface area (Å²) in [7, 11) is 0. The van der Waals surface area contributed by atoms with E-state index in [9.17, 15) is 4.79 Å². The smallest absolute Gasteiger partial charge is 0.322 e. The van der Waals surface area contributed by atoms with Crippen LogP contribution in [0.4, 0.5) is 6.01 Å². The van der Waals surface area contributed by atoms with E-state index in [1.54, 1.807) is 12.1 Å². The number of carbonyl (C=O) groups is 1. The van der Waals surface area contributed by atoms with Gasteiger partial charge in [-0.15, -0.1) is 5.10 Å². The molecule has 1 aromatic carbocycles. The molecule has 1 aliphatic carbocycles. The standard InChI is InChI=1S/C13H14N4O2/c14-7-8-1-3-9(4-2-8)11(18)15-13-17-16-12(19-13)10-5-6-10/h1-4,10H,5-7,14H2,(H,15,17,18). The number of aromatic nitrogens is 2. The van der Waals surface area contributed by atoms with E-state index in [2.05, 4.69) is 15.5 Å². The van der Waals surface area contributed by atoms with Crippen molar-refractivity contribution in [1.82, 2.24) is 10.2 Å². The summed E-state index contributed by atoms with van der Waals surface area (Å²) >= 11 is 0. The molecular weight excluding hydrogens is 244 g/mol. The van der Waals surface area contributed by atoms with E-state index in [4.69, 9.17) is 10.2 Å². The Balaban J connectivity index is 1.68. The third-order valence-corrected chi connectivity index (χ3v) is 3.04. The number of anilines is 1. The molecule has 1 aliphatic rings. The van der Waals surface area contributed by atoms with Crippen LogP contribution >= 0.6 is 0 Å². The van der Waals surface area contributed by atoms with Gasteiger partial charge < -0.3 is 10.2 Å². The Hall–Kier alpha value is -2.21. The second-order valence-corrected chi connectivity index (χ2v) is 4.57. The maximum Gasteiger partial charge on any atom is 0.322 e. The lowest BCUT2D eigenvalue weighted by atomic mass is 10.1. The zero-order chi connectivity index (χ0) is 13.2. The van der Waals surface area contributed by atoms with Gasteiger partial charge in [0.15, 0.2) is 0 Å². The maximum atomic E-state index is 11.9. The topological polar surface area (TPSA) is 94.0 Å². The van der Waals surface area contributed by atoms with Crippen molar-refractivity contribution in [2.45, 2.75) is 25.3 Å². The van der Waals surface area contributed by atoms with Crippen molar-refractivity contribution in [2.24, 2.45) is 5.73 Å². The van der Waals surface area contributed by atoms with E-state index in [1.807, 2.05) is 12.1 Å². The molecule has 3 rings (SSSR count). The molecule has 0 radical (unpaired) electrons. The van der Waals surface area contributed by atoms with Crippen molar-refractivity contribution in [1.29, 1.82) is 0 Å². The largest absolute Gasteiger partial charge is 0.408 e. The molecule has 0 saturated heterocycles. The van der Waals surface area contributed by atoms with Gasteiger partial charge in [0, 0.05) is 18.0 Å². The fraction of sp³-hybridized carbons (Fsp3) is 0.308. The second kappa shape index (κ2) is 4.81. The Morgan fingerprint density at radius 3 is 2.68 bits per heavy atom. The van der Waals surface area contributed by atoms with E-state index >= 15 is 0 Å². The molecule has 0 aliphatic heterocycles. The molecule has 1 amide bonds. The van der Waals surface area contributed by atoms with E-state index in [0.29, 0.717) is 23.9 Å². The van der Waals surface area contributed by atoms with Crippen LogP contribution in [-0.4, -0.2) is 16.1 Å². The zero-order valence-corrected chi connectivity index (χ0v) is 10.3. The minimum absolute atomic E-state index is 0.148. The number of hydrogen-bond acceptors (Lipinski definition) is 5. The van der Waals surface area contributed by atoms with Crippen molar-refractivity contribution in [3.05, 3.63) is 41.3 Å². The Morgan fingerprint density at radius 2 is 2.05 bits per heavy atom. The summed E-state index contributed by atoms with van der Waals surface area (Å²) in [5, 5.41) is 10.3. The van der Waals surface area contributed by atoms with Gasteiger partial charge in [0.25, 0.3) is 5.91 Å². The number of nitrogens with two attached hydrogens (primary N) is 1. The molecule has 1 aromatic heterocycles. The summed E-state index contributed by atoms with van der Waals surface area (Å²) in [6.07, 6.45) is 2.16. The fourth-order valence-corrected chi connectivity index (χ4v) is 1.74. The summed E-state index contributed by atoms with van der Waals surface area (Å²) in [6, 6.07) is 7.22.